The summed E-state index contributed by atoms with van der Waals surface area (Å²) in [6, 6.07) is 31.7. The fourth-order valence-corrected chi connectivity index (χ4v) is 6.34. The number of halogens is 2. The third kappa shape index (κ3) is 8.18. The molecule has 0 saturated heterocycles. The maximum atomic E-state index is 5.72. The summed E-state index contributed by atoms with van der Waals surface area (Å²) in [5, 5.41) is 5.51. The number of hydrogen-bond donors (Lipinski definition) is 0. The predicted molar refractivity (Wildman–Crippen MR) is 148 cm³/mol. The van der Waals surface area contributed by atoms with Crippen molar-refractivity contribution in [3.63, 3.8) is 0 Å². The molecule has 0 atom stereocenters. The van der Waals surface area contributed by atoms with Crippen LogP contribution in [0, 0.1) is 35.1 Å². The number of benzene rings is 3. The summed E-state index contributed by atoms with van der Waals surface area (Å²) < 4.78 is 1.98. The molecule has 0 amide bonds. The number of fused-ring (bicyclic) bond motifs is 2. The molecule has 0 radical (unpaired) electrons. The standard InChI is InChI=1S/2C11H11.C7H6.CH3.2ClH.Zr/c2*1-8-6-10-5-3-4-9(2)11(10)7-8;1-7-5-3-2-4-6-7;;;;/h2*3-7H,1-2H3;1-6H;1H3;2*1H;/q2*-1;;-1;;;+2/p-2. The molecule has 0 fully saturated rings. The molecule has 0 heterocycles. The van der Waals surface area contributed by atoms with Crippen LogP contribution in [-0.2, 0) is 18.9 Å². The quantitative estimate of drug-likeness (QED) is 0.181. The van der Waals surface area contributed by atoms with Crippen molar-refractivity contribution in [1.29, 1.82) is 0 Å². The number of hydrogen-bond acceptors (Lipinski definition) is 0. The molecule has 0 aromatic heterocycles. The normalized spacial score (nSPS) is 9.88. The Morgan fingerprint density at radius 3 is 1.48 bits per heavy atom. The monoisotopic (exact) mass is 551 g/mol. The summed E-state index contributed by atoms with van der Waals surface area (Å²) in [5.41, 5.74) is 6.59. The second-order valence-corrected chi connectivity index (χ2v) is 16.2. The van der Waals surface area contributed by atoms with E-state index in [0.717, 1.165) is 5.56 Å². The Hall–Kier alpha value is -1.79. The first kappa shape index (κ1) is 27.5. The van der Waals surface area contributed by atoms with Crippen molar-refractivity contribution >= 4 is 42.3 Å². The van der Waals surface area contributed by atoms with E-state index in [2.05, 4.69) is 88.4 Å². The van der Waals surface area contributed by atoms with Crippen LogP contribution >= 0.6 is 17.0 Å². The molecule has 0 bridgehead atoms. The zero-order chi connectivity index (χ0) is 23.1. The Kier molecular flexibility index (Phi) is 11.0. The topological polar surface area (TPSA) is 0 Å². The van der Waals surface area contributed by atoms with E-state index >= 15 is 0 Å². The first-order valence-electron chi connectivity index (χ1n) is 10.7. The van der Waals surface area contributed by atoms with Gasteiger partial charge in [0.25, 0.3) is 0 Å². The average Bonchev–Trinajstić information content (AvgIpc) is 3.32. The van der Waals surface area contributed by atoms with Crippen molar-refractivity contribution in [2.24, 2.45) is 0 Å². The van der Waals surface area contributed by atoms with Crippen molar-refractivity contribution in [2.45, 2.75) is 27.7 Å². The fraction of sp³-hybridized carbons (Fsp3) is 0.133. The van der Waals surface area contributed by atoms with E-state index in [9.17, 15) is 0 Å². The van der Waals surface area contributed by atoms with Crippen LogP contribution in [0.2, 0.25) is 0 Å². The van der Waals surface area contributed by atoms with Gasteiger partial charge in [0.2, 0.25) is 0 Å². The molecule has 0 unspecified atom stereocenters. The molecule has 0 N–H and O–H groups in total. The van der Waals surface area contributed by atoms with Gasteiger partial charge < -0.3 is 7.43 Å². The van der Waals surface area contributed by atoms with Crippen LogP contribution in [0.25, 0.3) is 21.5 Å². The molecule has 0 nitrogen and oxygen atoms in total. The molecule has 5 aromatic rings. The molecule has 33 heavy (non-hydrogen) atoms. The minimum absolute atomic E-state index is 0. The average molecular weight is 554 g/mol. The van der Waals surface area contributed by atoms with Gasteiger partial charge >= 0.3 is 75.5 Å². The van der Waals surface area contributed by atoms with Crippen molar-refractivity contribution in [3.8, 4) is 0 Å². The van der Waals surface area contributed by atoms with Gasteiger partial charge in [0.1, 0.15) is 0 Å². The summed E-state index contributed by atoms with van der Waals surface area (Å²) in [7, 11) is 11.4. The molecular weight excluding hydrogens is 522 g/mol. The third-order valence-electron chi connectivity index (χ3n) is 5.30. The zero-order valence-electron chi connectivity index (χ0n) is 20.0. The summed E-state index contributed by atoms with van der Waals surface area (Å²) in [5.74, 6) is 0. The Labute approximate surface area is 213 Å². The van der Waals surface area contributed by atoms with Crippen LogP contribution in [0.3, 0.4) is 0 Å². The van der Waals surface area contributed by atoms with Gasteiger partial charge in [-0.3, -0.25) is 0 Å². The van der Waals surface area contributed by atoms with Crippen molar-refractivity contribution in [2.75, 3.05) is 0 Å². The van der Waals surface area contributed by atoms with E-state index < -0.39 is 18.9 Å². The Balaban J connectivity index is 0.000000173. The van der Waals surface area contributed by atoms with Crippen molar-refractivity contribution in [3.05, 3.63) is 126 Å². The van der Waals surface area contributed by atoms with Crippen LogP contribution in [0.15, 0.2) is 91.0 Å². The molecular formula is C30H31Cl2Zr-3. The van der Waals surface area contributed by atoms with Gasteiger partial charge in [0.05, 0.1) is 0 Å². The number of aryl methyl sites for hydroxylation is 4. The second kappa shape index (κ2) is 13.2. The van der Waals surface area contributed by atoms with E-state index in [1.165, 1.54) is 43.8 Å². The Bertz CT molecular complexity index is 1240. The first-order valence-corrected chi connectivity index (χ1v) is 18.4. The predicted octanol–water partition coefficient (Wildman–Crippen LogP) is 9.56. The summed E-state index contributed by atoms with van der Waals surface area (Å²) in [6.07, 6.45) is 0. The van der Waals surface area contributed by atoms with Gasteiger partial charge in [-0.2, -0.15) is 12.1 Å². The minimum atomic E-state index is -2.06. The van der Waals surface area contributed by atoms with Crippen molar-refractivity contribution < 1.29 is 18.9 Å². The molecule has 0 aliphatic heterocycles. The van der Waals surface area contributed by atoms with Gasteiger partial charge in [0, 0.05) is 0 Å². The molecule has 5 rings (SSSR count). The van der Waals surface area contributed by atoms with Crippen LogP contribution < -0.4 is 0 Å². The zero-order valence-corrected chi connectivity index (χ0v) is 24.0. The molecule has 0 spiro atoms. The van der Waals surface area contributed by atoms with E-state index in [1.807, 2.05) is 34.0 Å². The molecule has 0 saturated carbocycles. The second-order valence-electron chi connectivity index (χ2n) is 8.07. The first-order chi connectivity index (χ1) is 15.3. The van der Waals surface area contributed by atoms with Gasteiger partial charge in [-0.05, 0) is 13.8 Å². The van der Waals surface area contributed by atoms with Gasteiger partial charge in [-0.25, -0.2) is 0 Å². The molecule has 0 aliphatic rings. The molecule has 3 heteroatoms. The Morgan fingerprint density at radius 1 is 0.636 bits per heavy atom. The van der Waals surface area contributed by atoms with Gasteiger partial charge in [-0.1, -0.05) is 37.1 Å². The Morgan fingerprint density at radius 2 is 1.09 bits per heavy atom. The molecule has 0 aliphatic carbocycles. The fourth-order valence-electron chi connectivity index (χ4n) is 3.76. The van der Waals surface area contributed by atoms with Crippen LogP contribution in [0.5, 0.6) is 0 Å². The third-order valence-corrected chi connectivity index (χ3v) is 7.95. The summed E-state index contributed by atoms with van der Waals surface area (Å²) >= 11 is -2.06. The van der Waals surface area contributed by atoms with Crippen LogP contribution in [0.4, 0.5) is 0 Å². The molecule has 5 aromatic carbocycles. The van der Waals surface area contributed by atoms with E-state index in [1.54, 1.807) is 0 Å². The maximum absolute atomic E-state index is 5.72. The number of rotatable bonds is 1. The van der Waals surface area contributed by atoms with E-state index in [4.69, 9.17) is 17.0 Å². The van der Waals surface area contributed by atoms with Crippen molar-refractivity contribution in [1.82, 2.24) is 0 Å². The van der Waals surface area contributed by atoms with Gasteiger partial charge in [-0.15, -0.1) is 69.1 Å². The molecule has 172 valence electrons. The van der Waals surface area contributed by atoms with Gasteiger partial charge in [0.15, 0.2) is 0 Å². The van der Waals surface area contributed by atoms with Crippen LogP contribution in [0.1, 0.15) is 27.8 Å². The summed E-state index contributed by atoms with van der Waals surface area (Å²) in [4.78, 5) is 0. The van der Waals surface area contributed by atoms with Crippen LogP contribution in [-0.4, -0.2) is 3.71 Å². The summed E-state index contributed by atoms with van der Waals surface area (Å²) in [6.45, 7) is 8.59. The SMILES string of the molecule is Cc1cc2c(C)cccc2[cH-]1.Cc1cc2c(C)cccc2[cH-]1.[CH3-].[Cl][Zr]([Cl])=[CH]c1ccccc1. The van der Waals surface area contributed by atoms with E-state index in [0.29, 0.717) is 0 Å². The van der Waals surface area contributed by atoms with E-state index in [-0.39, 0.29) is 7.43 Å².